The number of nitrogens with zero attached hydrogens (tertiary/aromatic N) is 5. The molecule has 204 valence electrons. The molecule has 10 nitrogen and oxygen atoms in total. The van der Waals surface area contributed by atoms with Crippen molar-refractivity contribution in [1.29, 1.82) is 0 Å². The van der Waals surface area contributed by atoms with Crippen LogP contribution in [0.1, 0.15) is 25.7 Å². The fourth-order valence-corrected chi connectivity index (χ4v) is 5.41. The Morgan fingerprint density at radius 3 is 2.78 bits per heavy atom. The smallest absolute Gasteiger partial charge is 0.227 e. The average Bonchev–Trinajstić information content (AvgIpc) is 3.76. The van der Waals surface area contributed by atoms with Crippen molar-refractivity contribution in [2.24, 2.45) is 5.92 Å². The Balaban J connectivity index is 1.25. The van der Waals surface area contributed by atoms with Gasteiger partial charge in [0.25, 0.3) is 0 Å². The number of aromatic nitrogens is 7. The fourth-order valence-electron chi connectivity index (χ4n) is 5.41. The summed E-state index contributed by atoms with van der Waals surface area (Å²) in [6.07, 6.45) is 9.02. The Kier molecular flexibility index (Phi) is 6.11. The minimum Gasteiger partial charge on any atom is -0.497 e. The van der Waals surface area contributed by atoms with E-state index in [-0.39, 0.29) is 11.8 Å². The van der Waals surface area contributed by atoms with E-state index >= 15 is 0 Å². The Morgan fingerprint density at radius 1 is 1.05 bits per heavy atom. The maximum absolute atomic E-state index is 14.3. The third-order valence-electron chi connectivity index (χ3n) is 7.47. The average molecular weight is 549 g/mol. The SMILES string of the molecule is COc1cc(F)cc(-c2ccnc3nc(-c4n[nH]c5ccc(-c6cncc(NC(=O)C7CCCC7)c6)nc45)[nH]c23)c1. The molecule has 0 atom stereocenters. The van der Waals surface area contributed by atoms with Crippen LogP contribution in [0.25, 0.3) is 56.1 Å². The summed E-state index contributed by atoms with van der Waals surface area (Å²) in [5.41, 5.74) is 6.37. The van der Waals surface area contributed by atoms with Gasteiger partial charge >= 0.3 is 0 Å². The van der Waals surface area contributed by atoms with Crippen molar-refractivity contribution in [1.82, 2.24) is 35.1 Å². The lowest BCUT2D eigenvalue weighted by molar-refractivity contribution is -0.119. The number of methoxy groups -OCH3 is 1. The van der Waals surface area contributed by atoms with Crippen LogP contribution in [-0.4, -0.2) is 48.1 Å². The van der Waals surface area contributed by atoms with E-state index in [1.54, 1.807) is 30.7 Å². The molecule has 6 aromatic rings. The molecule has 5 aromatic heterocycles. The number of hydrogen-bond acceptors (Lipinski definition) is 7. The van der Waals surface area contributed by atoms with Gasteiger partial charge in [-0.1, -0.05) is 12.8 Å². The second-order valence-electron chi connectivity index (χ2n) is 10.1. The van der Waals surface area contributed by atoms with E-state index in [2.05, 4.69) is 35.5 Å². The van der Waals surface area contributed by atoms with Crippen LogP contribution in [0.2, 0.25) is 0 Å². The molecule has 0 bridgehead atoms. The first-order valence-electron chi connectivity index (χ1n) is 13.4. The monoisotopic (exact) mass is 548 g/mol. The number of hydrogen-bond donors (Lipinski definition) is 3. The molecule has 1 aromatic carbocycles. The number of anilines is 1. The van der Waals surface area contributed by atoms with E-state index in [9.17, 15) is 9.18 Å². The van der Waals surface area contributed by atoms with Crippen molar-refractivity contribution in [3.05, 3.63) is 66.9 Å². The zero-order chi connectivity index (χ0) is 27.9. The van der Waals surface area contributed by atoms with Crippen LogP contribution in [0.3, 0.4) is 0 Å². The quantitative estimate of drug-likeness (QED) is 0.236. The number of rotatable bonds is 6. The van der Waals surface area contributed by atoms with Crippen molar-refractivity contribution in [3.8, 4) is 39.7 Å². The molecule has 1 saturated carbocycles. The number of amides is 1. The number of fused-ring (bicyclic) bond motifs is 2. The molecule has 11 heteroatoms. The second kappa shape index (κ2) is 10.1. The van der Waals surface area contributed by atoms with Gasteiger partial charge in [0.2, 0.25) is 5.91 Å². The first-order valence-corrected chi connectivity index (χ1v) is 13.4. The lowest BCUT2D eigenvalue weighted by atomic mass is 10.1. The van der Waals surface area contributed by atoms with Gasteiger partial charge in [-0.05, 0) is 54.8 Å². The largest absolute Gasteiger partial charge is 0.497 e. The van der Waals surface area contributed by atoms with E-state index in [1.165, 1.54) is 19.2 Å². The molecular weight excluding hydrogens is 523 g/mol. The number of benzene rings is 1. The number of halogens is 1. The number of carbonyl (C=O) groups excluding carboxylic acids is 1. The molecule has 5 heterocycles. The molecule has 0 saturated heterocycles. The maximum atomic E-state index is 14.3. The van der Waals surface area contributed by atoms with Gasteiger partial charge in [-0.15, -0.1) is 0 Å². The van der Waals surface area contributed by atoms with Crippen LogP contribution in [0.15, 0.2) is 61.1 Å². The minimum absolute atomic E-state index is 0.0385. The number of H-pyrrole nitrogens is 2. The Hall–Kier alpha value is -5.19. The van der Waals surface area contributed by atoms with Gasteiger partial charge in [0.1, 0.15) is 17.1 Å². The molecule has 1 fully saturated rings. The maximum Gasteiger partial charge on any atom is 0.227 e. The highest BCUT2D eigenvalue weighted by Gasteiger charge is 2.23. The number of carbonyl (C=O) groups is 1. The Bertz CT molecular complexity index is 1930. The van der Waals surface area contributed by atoms with E-state index in [0.717, 1.165) is 42.3 Å². The first-order chi connectivity index (χ1) is 20.1. The molecule has 0 unspecified atom stereocenters. The zero-order valence-electron chi connectivity index (χ0n) is 22.1. The van der Waals surface area contributed by atoms with E-state index in [1.807, 2.05) is 18.2 Å². The third kappa shape index (κ3) is 4.65. The van der Waals surface area contributed by atoms with Crippen LogP contribution >= 0.6 is 0 Å². The summed E-state index contributed by atoms with van der Waals surface area (Å²) < 4.78 is 19.5. The predicted octanol–water partition coefficient (Wildman–Crippen LogP) is 5.90. The third-order valence-corrected chi connectivity index (χ3v) is 7.47. The lowest BCUT2D eigenvalue weighted by Gasteiger charge is -2.11. The fraction of sp³-hybridized carbons (Fsp3) is 0.200. The molecule has 1 aliphatic rings. The molecule has 41 heavy (non-hydrogen) atoms. The molecular formula is C30H25FN8O2. The zero-order valence-corrected chi connectivity index (χ0v) is 22.1. The second-order valence-corrected chi connectivity index (χ2v) is 10.1. The van der Waals surface area contributed by atoms with Crippen LogP contribution in [0.5, 0.6) is 5.75 Å². The molecule has 1 amide bonds. The first kappa shape index (κ1) is 24.8. The number of imidazole rings is 1. The molecule has 7 rings (SSSR count). The predicted molar refractivity (Wildman–Crippen MR) is 153 cm³/mol. The summed E-state index contributed by atoms with van der Waals surface area (Å²) in [4.78, 5) is 34.2. The van der Waals surface area contributed by atoms with Crippen molar-refractivity contribution in [2.45, 2.75) is 25.7 Å². The van der Waals surface area contributed by atoms with E-state index in [4.69, 9.17) is 9.72 Å². The van der Waals surface area contributed by atoms with Crippen molar-refractivity contribution in [2.75, 3.05) is 12.4 Å². The summed E-state index contributed by atoms with van der Waals surface area (Å²) >= 11 is 0. The van der Waals surface area contributed by atoms with Gasteiger partial charge in [0, 0.05) is 35.5 Å². The van der Waals surface area contributed by atoms with E-state index in [0.29, 0.717) is 50.9 Å². The Labute approximate surface area is 233 Å². The van der Waals surface area contributed by atoms with E-state index < -0.39 is 5.82 Å². The summed E-state index contributed by atoms with van der Waals surface area (Å²) in [6.45, 7) is 0. The van der Waals surface area contributed by atoms with Gasteiger partial charge in [-0.2, -0.15) is 5.10 Å². The number of nitrogens with one attached hydrogen (secondary N) is 3. The molecule has 1 aliphatic carbocycles. The summed E-state index contributed by atoms with van der Waals surface area (Å²) in [5.74, 6) is 0.571. The number of aromatic amines is 2. The topological polar surface area (TPSA) is 134 Å². The summed E-state index contributed by atoms with van der Waals surface area (Å²) in [5, 5.41) is 10.5. The number of ether oxygens (including phenoxy) is 1. The minimum atomic E-state index is -0.407. The standard InChI is InChI=1S/C30H25FN8O2/c1-41-21-12-17(10-19(31)13-21)22-8-9-33-28-25(22)36-29(37-28)27-26-24(38-39-27)7-6-23(35-26)18-11-20(15-32-14-18)34-30(40)16-4-2-3-5-16/h6-16H,2-5H2,1H3,(H,34,40)(H,38,39)(H,33,36,37). The normalized spacial score (nSPS) is 13.7. The highest BCUT2D eigenvalue weighted by molar-refractivity contribution is 5.96. The summed E-state index contributed by atoms with van der Waals surface area (Å²) in [6, 6.07) is 12.0. The van der Waals surface area contributed by atoms with Gasteiger partial charge < -0.3 is 15.0 Å². The summed E-state index contributed by atoms with van der Waals surface area (Å²) in [7, 11) is 1.50. The highest BCUT2D eigenvalue weighted by Crippen LogP contribution is 2.33. The van der Waals surface area contributed by atoms with Crippen LogP contribution in [0, 0.1) is 11.7 Å². The Morgan fingerprint density at radius 2 is 1.93 bits per heavy atom. The van der Waals surface area contributed by atoms with Crippen LogP contribution < -0.4 is 10.1 Å². The van der Waals surface area contributed by atoms with Gasteiger partial charge in [-0.25, -0.2) is 19.3 Å². The molecule has 0 radical (unpaired) electrons. The van der Waals surface area contributed by atoms with Gasteiger partial charge in [-0.3, -0.25) is 14.9 Å². The van der Waals surface area contributed by atoms with Crippen LogP contribution in [0.4, 0.5) is 10.1 Å². The van der Waals surface area contributed by atoms with Gasteiger partial charge in [0.05, 0.1) is 35.7 Å². The number of pyridine rings is 3. The van der Waals surface area contributed by atoms with Crippen molar-refractivity contribution < 1.29 is 13.9 Å². The van der Waals surface area contributed by atoms with Crippen molar-refractivity contribution in [3.63, 3.8) is 0 Å². The van der Waals surface area contributed by atoms with Crippen molar-refractivity contribution >= 4 is 33.8 Å². The van der Waals surface area contributed by atoms with Crippen LogP contribution in [-0.2, 0) is 4.79 Å². The highest BCUT2D eigenvalue weighted by atomic mass is 19.1. The lowest BCUT2D eigenvalue weighted by Crippen LogP contribution is -2.20. The molecule has 0 aliphatic heterocycles. The van der Waals surface area contributed by atoms with Gasteiger partial charge in [0.15, 0.2) is 17.2 Å². The molecule has 0 spiro atoms. The molecule has 3 N–H and O–H groups in total.